The van der Waals surface area contributed by atoms with Gasteiger partial charge in [0.15, 0.2) is 0 Å². The van der Waals surface area contributed by atoms with Gasteiger partial charge in [0, 0.05) is 25.1 Å². The van der Waals surface area contributed by atoms with Crippen molar-refractivity contribution in [2.45, 2.75) is 38.6 Å². The van der Waals surface area contributed by atoms with Gasteiger partial charge in [-0.2, -0.15) is 0 Å². The topological polar surface area (TPSA) is 101 Å². The molecule has 1 unspecified atom stereocenters. The lowest BCUT2D eigenvalue weighted by Gasteiger charge is -2.12. The van der Waals surface area contributed by atoms with E-state index in [1.54, 1.807) is 6.92 Å². The van der Waals surface area contributed by atoms with Crippen LogP contribution in [0.3, 0.4) is 0 Å². The predicted octanol–water partition coefficient (Wildman–Crippen LogP) is 0.181. The lowest BCUT2D eigenvalue weighted by atomic mass is 10.1. The highest BCUT2D eigenvalue weighted by Crippen LogP contribution is 2.01. The highest BCUT2D eigenvalue weighted by atomic mass is 32.2. The number of hydrogen-bond acceptors (Lipinski definition) is 4. The lowest BCUT2D eigenvalue weighted by Crippen LogP contribution is -2.33. The quantitative estimate of drug-likeness (QED) is 0.652. The molecule has 0 aliphatic heterocycles. The Kier molecular flexibility index (Phi) is 6.79. The molecule has 0 radical (unpaired) electrons. The van der Waals surface area contributed by atoms with E-state index in [0.29, 0.717) is 12.8 Å². The zero-order valence-electron chi connectivity index (χ0n) is 10.1. The van der Waals surface area contributed by atoms with Crippen molar-refractivity contribution in [3.05, 3.63) is 0 Å². The average Bonchev–Trinajstić information content (AvgIpc) is 2.13. The summed E-state index contributed by atoms with van der Waals surface area (Å²) in [5, 5.41) is 11.1. The predicted molar refractivity (Wildman–Crippen MR) is 63.4 cm³/mol. The Morgan fingerprint density at radius 1 is 1.29 bits per heavy atom. The van der Waals surface area contributed by atoms with E-state index >= 15 is 0 Å². The largest absolute Gasteiger partial charge is 0.481 e. The van der Waals surface area contributed by atoms with Crippen LogP contribution in [-0.2, 0) is 19.4 Å². The molecule has 17 heavy (non-hydrogen) atoms. The Hall–Kier alpha value is -1.11. The van der Waals surface area contributed by atoms with E-state index < -0.39 is 15.8 Å². The summed E-state index contributed by atoms with van der Waals surface area (Å²) < 4.78 is 21.6. The van der Waals surface area contributed by atoms with E-state index in [4.69, 9.17) is 5.11 Å². The minimum absolute atomic E-state index is 0.0535. The van der Waals surface area contributed by atoms with Crippen LogP contribution in [0.5, 0.6) is 0 Å². The maximum atomic E-state index is 11.3. The zero-order valence-corrected chi connectivity index (χ0v) is 10.9. The van der Waals surface area contributed by atoms with Crippen LogP contribution in [0.25, 0.3) is 0 Å². The summed E-state index contributed by atoms with van der Waals surface area (Å²) in [6.07, 6.45) is 2.15. The number of hydrogen-bond donors (Lipinski definition) is 2. The minimum Gasteiger partial charge on any atom is -0.481 e. The fourth-order valence-electron chi connectivity index (χ4n) is 1.26. The monoisotopic (exact) mass is 265 g/mol. The number of nitrogens with one attached hydrogen (secondary N) is 1. The van der Waals surface area contributed by atoms with Crippen molar-refractivity contribution in [1.29, 1.82) is 0 Å². The minimum atomic E-state index is -3.12. The molecule has 1 amide bonds. The maximum absolute atomic E-state index is 11.3. The lowest BCUT2D eigenvalue weighted by molar-refractivity contribution is -0.137. The van der Waals surface area contributed by atoms with Crippen LogP contribution in [0.15, 0.2) is 0 Å². The number of carbonyl (C=O) groups is 2. The Morgan fingerprint density at radius 2 is 1.88 bits per heavy atom. The van der Waals surface area contributed by atoms with Gasteiger partial charge in [-0.1, -0.05) is 0 Å². The number of carboxylic acid groups (broad SMARTS) is 1. The second-order valence-corrected chi connectivity index (χ2v) is 6.39. The number of aliphatic carboxylic acids is 1. The molecule has 6 nitrogen and oxygen atoms in total. The number of sulfone groups is 1. The second-order valence-electron chi connectivity index (χ2n) is 4.13. The molecule has 0 saturated heterocycles. The molecule has 1 atom stereocenters. The van der Waals surface area contributed by atoms with Gasteiger partial charge in [-0.15, -0.1) is 0 Å². The van der Waals surface area contributed by atoms with E-state index in [0.717, 1.165) is 6.26 Å². The number of carbonyl (C=O) groups excluding carboxylic acids is 1. The van der Waals surface area contributed by atoms with Crippen molar-refractivity contribution in [3.63, 3.8) is 0 Å². The molecule has 0 aliphatic rings. The third kappa shape index (κ3) is 11.2. The molecule has 0 spiro atoms. The van der Waals surface area contributed by atoms with Gasteiger partial charge in [0.1, 0.15) is 9.84 Å². The van der Waals surface area contributed by atoms with Gasteiger partial charge in [-0.3, -0.25) is 9.59 Å². The highest BCUT2D eigenvalue weighted by molar-refractivity contribution is 7.90. The Labute approximate surface area is 101 Å². The molecule has 0 aromatic heterocycles. The van der Waals surface area contributed by atoms with E-state index in [2.05, 4.69) is 5.32 Å². The Balaban J connectivity index is 3.77. The van der Waals surface area contributed by atoms with Gasteiger partial charge >= 0.3 is 5.97 Å². The molecule has 0 aromatic rings. The molecule has 0 fully saturated rings. The van der Waals surface area contributed by atoms with E-state index in [1.807, 2.05) is 0 Å². The average molecular weight is 265 g/mol. The van der Waals surface area contributed by atoms with Crippen molar-refractivity contribution < 1.29 is 23.1 Å². The van der Waals surface area contributed by atoms with Crippen LogP contribution in [-0.4, -0.2) is 43.5 Å². The Morgan fingerprint density at radius 3 is 2.35 bits per heavy atom. The standard InChI is InChI=1S/C10H19NO5S/c1-8(4-3-5-10(13)14)11-9(12)6-7-17(2,15)16/h8H,3-7H2,1-2H3,(H,11,12)(H,13,14). The number of carboxylic acids is 1. The van der Waals surface area contributed by atoms with Gasteiger partial charge in [0.2, 0.25) is 5.91 Å². The SMILES string of the molecule is CC(CCCC(=O)O)NC(=O)CCS(C)(=O)=O. The first-order valence-corrected chi connectivity index (χ1v) is 7.45. The third-order valence-corrected chi connectivity index (χ3v) is 3.08. The van der Waals surface area contributed by atoms with Crippen LogP contribution in [0.1, 0.15) is 32.6 Å². The molecule has 100 valence electrons. The zero-order chi connectivity index (χ0) is 13.5. The van der Waals surface area contributed by atoms with Crippen LogP contribution in [0.4, 0.5) is 0 Å². The molecule has 0 bridgehead atoms. The van der Waals surface area contributed by atoms with Crippen molar-refractivity contribution in [2.24, 2.45) is 0 Å². The van der Waals surface area contributed by atoms with Crippen molar-refractivity contribution in [3.8, 4) is 0 Å². The van der Waals surface area contributed by atoms with Gasteiger partial charge in [-0.25, -0.2) is 8.42 Å². The molecule has 0 rings (SSSR count). The van der Waals surface area contributed by atoms with Crippen molar-refractivity contribution >= 4 is 21.7 Å². The normalized spacial score (nSPS) is 13.1. The summed E-state index contributed by atoms with van der Waals surface area (Å²) in [6.45, 7) is 1.76. The van der Waals surface area contributed by atoms with Crippen LogP contribution in [0, 0.1) is 0 Å². The van der Waals surface area contributed by atoms with Gasteiger partial charge in [-0.05, 0) is 19.8 Å². The summed E-state index contributed by atoms with van der Waals surface area (Å²) in [5.41, 5.74) is 0. The Bertz CT molecular complexity index is 363. The molecule has 0 aliphatic carbocycles. The van der Waals surface area contributed by atoms with Crippen molar-refractivity contribution in [1.82, 2.24) is 5.32 Å². The summed E-state index contributed by atoms with van der Waals surface area (Å²) in [5.74, 6) is -1.35. The third-order valence-electron chi connectivity index (χ3n) is 2.14. The summed E-state index contributed by atoms with van der Waals surface area (Å²) in [7, 11) is -3.12. The molecule has 0 heterocycles. The first kappa shape index (κ1) is 15.9. The maximum Gasteiger partial charge on any atom is 0.303 e. The molecule has 0 saturated carbocycles. The van der Waals surface area contributed by atoms with E-state index in [9.17, 15) is 18.0 Å². The summed E-state index contributed by atoms with van der Waals surface area (Å²) in [6, 6.07) is -0.138. The smallest absolute Gasteiger partial charge is 0.303 e. The van der Waals surface area contributed by atoms with E-state index in [-0.39, 0.29) is 30.5 Å². The highest BCUT2D eigenvalue weighted by Gasteiger charge is 2.11. The van der Waals surface area contributed by atoms with E-state index in [1.165, 1.54) is 0 Å². The molecule has 2 N–H and O–H groups in total. The van der Waals surface area contributed by atoms with Crippen LogP contribution >= 0.6 is 0 Å². The van der Waals surface area contributed by atoms with Gasteiger partial charge in [0.25, 0.3) is 0 Å². The molecular formula is C10H19NO5S. The summed E-state index contributed by atoms with van der Waals surface area (Å²) in [4.78, 5) is 21.6. The van der Waals surface area contributed by atoms with Crippen molar-refractivity contribution in [2.75, 3.05) is 12.0 Å². The van der Waals surface area contributed by atoms with Gasteiger partial charge < -0.3 is 10.4 Å². The van der Waals surface area contributed by atoms with Crippen LogP contribution < -0.4 is 5.32 Å². The first-order valence-electron chi connectivity index (χ1n) is 5.39. The number of rotatable bonds is 8. The molecular weight excluding hydrogens is 246 g/mol. The van der Waals surface area contributed by atoms with Gasteiger partial charge in [0.05, 0.1) is 5.75 Å². The fourth-order valence-corrected chi connectivity index (χ4v) is 1.81. The van der Waals surface area contributed by atoms with Crippen LogP contribution in [0.2, 0.25) is 0 Å². The fraction of sp³-hybridized carbons (Fsp3) is 0.800. The summed E-state index contributed by atoms with van der Waals surface area (Å²) >= 11 is 0. The second kappa shape index (κ2) is 7.26. The molecule has 0 aromatic carbocycles. The number of amides is 1. The first-order chi connectivity index (χ1) is 7.70. The molecule has 7 heteroatoms.